The van der Waals surface area contributed by atoms with Gasteiger partial charge in [-0.15, -0.1) is 0 Å². The maximum atomic E-state index is 14.6. The lowest BCUT2D eigenvalue weighted by Crippen LogP contribution is -2.20. The van der Waals surface area contributed by atoms with Crippen LogP contribution in [-0.4, -0.2) is 55.7 Å². The molecule has 0 amide bonds. The lowest BCUT2D eigenvalue weighted by Gasteiger charge is -2.21. The van der Waals surface area contributed by atoms with Gasteiger partial charge in [-0.05, 0) is 87.3 Å². The number of nitrogens with zero attached hydrogens (tertiary/aromatic N) is 5. The van der Waals surface area contributed by atoms with Crippen molar-refractivity contribution in [3.05, 3.63) is 98.7 Å². The molecule has 2 unspecified atom stereocenters. The van der Waals surface area contributed by atoms with E-state index in [1.807, 2.05) is 0 Å². The summed E-state index contributed by atoms with van der Waals surface area (Å²) in [6, 6.07) is 9.75. The smallest absolute Gasteiger partial charge is 0.282 e. The van der Waals surface area contributed by atoms with Crippen LogP contribution in [0.1, 0.15) is 91.0 Å². The molecule has 15 heteroatoms. The number of rotatable bonds is 11. The molecule has 0 radical (unpaired) electrons. The zero-order chi connectivity index (χ0) is 39.6. The number of aromatic nitrogens is 5. The summed E-state index contributed by atoms with van der Waals surface area (Å²) in [4.78, 5) is 19.1. The Labute approximate surface area is 320 Å². The highest BCUT2D eigenvalue weighted by Gasteiger charge is 2.46. The average molecular weight is 796 g/mol. The molecule has 3 aromatic heterocycles. The van der Waals surface area contributed by atoms with Crippen LogP contribution in [0.3, 0.4) is 0 Å². The quantitative estimate of drug-likeness (QED) is 0.109. The van der Waals surface area contributed by atoms with E-state index in [-0.39, 0.29) is 64.5 Å². The number of carbonyl (C=O) groups is 1. The second-order valence-electron chi connectivity index (χ2n) is 15.2. The zero-order valence-corrected chi connectivity index (χ0v) is 32.1. The third-order valence-electron chi connectivity index (χ3n) is 10.1. The van der Waals surface area contributed by atoms with Gasteiger partial charge in [0.1, 0.15) is 28.6 Å². The fourth-order valence-corrected chi connectivity index (χ4v) is 8.80. The van der Waals surface area contributed by atoms with Crippen molar-refractivity contribution in [3.8, 4) is 23.0 Å². The molecule has 3 heterocycles. The molecule has 7 rings (SSSR count). The molecule has 0 saturated heterocycles. The summed E-state index contributed by atoms with van der Waals surface area (Å²) < 4.78 is 85.0. The molecule has 5 aromatic rings. The predicted molar refractivity (Wildman–Crippen MR) is 199 cm³/mol. The fourth-order valence-electron chi connectivity index (χ4n) is 7.84. The molecule has 2 aliphatic carbocycles. The van der Waals surface area contributed by atoms with Gasteiger partial charge in [-0.3, -0.25) is 14.2 Å². The Morgan fingerprint density at radius 1 is 1.07 bits per heavy atom. The van der Waals surface area contributed by atoms with Crippen LogP contribution in [0.5, 0.6) is 0 Å². The predicted octanol–water partition coefficient (Wildman–Crippen LogP) is 7.40. The number of hydrogen-bond acceptors (Lipinski definition) is 7. The highest BCUT2D eigenvalue weighted by Crippen LogP contribution is 2.55. The Morgan fingerprint density at radius 3 is 2.45 bits per heavy atom. The number of ketones is 1. The Bertz CT molecular complexity index is 2510. The first-order valence-corrected chi connectivity index (χ1v) is 20.2. The van der Waals surface area contributed by atoms with Crippen molar-refractivity contribution in [1.29, 1.82) is 0 Å². The minimum Gasteiger partial charge on any atom is -0.378 e. The van der Waals surface area contributed by atoms with E-state index in [9.17, 15) is 35.9 Å². The normalized spacial score (nSPS) is 17.1. The first-order valence-electron chi connectivity index (χ1n) is 17.8. The molecular weight excluding hydrogens is 758 g/mol. The van der Waals surface area contributed by atoms with Gasteiger partial charge in [-0.25, -0.2) is 31.0 Å². The van der Waals surface area contributed by atoms with Gasteiger partial charge >= 0.3 is 0 Å². The number of sulfone groups is 1. The zero-order valence-electron chi connectivity index (χ0n) is 30.5. The standard InChI is InChI=1S/C40H38ClF4N5O4S/c1-40(2,52)12-11-26-6-8-28(29-9-10-32(41)34-33(20-55(4,53)54)47-49(3)38(29)34)35(46-26)23(13-21-14-24(42)18-25(43)15-21)16-27(51)19-50-37-30(36(48-50)39(44)45)7-5-22-17-31(22)37/h6,8-10,14-15,18,22-23,31,39,52H,5,7,13,16-17,19-20H2,1-4H3/t22?,23-,31?/m1/s1. The van der Waals surface area contributed by atoms with Crippen LogP contribution >= 0.6 is 11.6 Å². The summed E-state index contributed by atoms with van der Waals surface area (Å²) in [7, 11) is -1.87. The van der Waals surface area contributed by atoms with E-state index in [0.717, 1.165) is 25.2 Å². The van der Waals surface area contributed by atoms with Crippen LogP contribution < -0.4 is 0 Å². The van der Waals surface area contributed by atoms with E-state index in [1.165, 1.54) is 35.3 Å². The molecule has 1 saturated carbocycles. The van der Waals surface area contributed by atoms with Crippen LogP contribution in [0.2, 0.25) is 5.02 Å². The molecule has 0 spiro atoms. The summed E-state index contributed by atoms with van der Waals surface area (Å²) >= 11 is 6.67. The van der Waals surface area contributed by atoms with Crippen molar-refractivity contribution < 1.29 is 35.9 Å². The number of fused-ring (bicyclic) bond motifs is 4. The second kappa shape index (κ2) is 14.5. The minimum atomic E-state index is -3.52. The highest BCUT2D eigenvalue weighted by atomic mass is 35.5. The number of carbonyl (C=O) groups excluding carboxylic acids is 1. The molecule has 0 aliphatic heterocycles. The van der Waals surface area contributed by atoms with E-state index < -0.39 is 39.4 Å². The van der Waals surface area contributed by atoms with E-state index in [2.05, 4.69) is 22.0 Å². The SMILES string of the molecule is Cn1nc(CS(C)(=O)=O)c2c(Cl)ccc(-c3ccc(C#CC(C)(C)O)nc3[C@@H](CC(=O)Cn3nc(C(F)F)c4c3C3CC3CC4)Cc3cc(F)cc(F)c3)c21. The van der Waals surface area contributed by atoms with Crippen LogP contribution in [0.4, 0.5) is 17.6 Å². The first kappa shape index (κ1) is 38.7. The number of alkyl halides is 2. The molecule has 2 aliphatic rings. The number of pyridine rings is 1. The van der Waals surface area contributed by atoms with E-state index in [4.69, 9.17) is 16.6 Å². The van der Waals surface area contributed by atoms with Gasteiger partial charge in [0, 0.05) is 65.4 Å². The maximum Gasteiger partial charge on any atom is 0.282 e. The highest BCUT2D eigenvalue weighted by molar-refractivity contribution is 7.89. The maximum absolute atomic E-state index is 14.6. The number of aliphatic hydroxyl groups is 1. The first-order chi connectivity index (χ1) is 25.8. The number of aryl methyl sites for hydroxylation is 1. The summed E-state index contributed by atoms with van der Waals surface area (Å²) in [5, 5.41) is 19.7. The van der Waals surface area contributed by atoms with Crippen LogP contribution in [0, 0.1) is 29.4 Å². The lowest BCUT2D eigenvalue weighted by atomic mass is 9.86. The van der Waals surface area contributed by atoms with Crippen molar-refractivity contribution in [3.63, 3.8) is 0 Å². The number of Topliss-reactive ketones (excluding diaryl/α,β-unsaturated/α-hetero) is 1. The molecule has 55 heavy (non-hydrogen) atoms. The third kappa shape index (κ3) is 8.34. The van der Waals surface area contributed by atoms with Gasteiger partial charge in [0.15, 0.2) is 15.6 Å². The summed E-state index contributed by atoms with van der Waals surface area (Å²) in [5.74, 6) is 2.83. The molecule has 1 fully saturated rings. The van der Waals surface area contributed by atoms with Gasteiger partial charge in [-0.2, -0.15) is 10.2 Å². The minimum absolute atomic E-state index is 0.0611. The number of halogens is 5. The molecule has 9 nitrogen and oxygen atoms in total. The molecule has 0 bridgehead atoms. The molecular formula is C40H38ClF4N5O4S. The number of hydrogen-bond donors (Lipinski definition) is 1. The number of benzene rings is 2. The molecule has 3 atom stereocenters. The van der Waals surface area contributed by atoms with Gasteiger partial charge in [0.25, 0.3) is 6.43 Å². The van der Waals surface area contributed by atoms with Crippen LogP contribution in [-0.2, 0) is 46.8 Å². The van der Waals surface area contributed by atoms with E-state index >= 15 is 0 Å². The largest absolute Gasteiger partial charge is 0.378 e. The molecule has 2 aromatic carbocycles. The van der Waals surface area contributed by atoms with Crippen molar-refractivity contribution in [2.45, 2.75) is 82.1 Å². The Hall–Kier alpha value is -4.58. The van der Waals surface area contributed by atoms with Crippen molar-refractivity contribution in [2.75, 3.05) is 6.26 Å². The monoisotopic (exact) mass is 795 g/mol. The Balaban J connectivity index is 1.38. The van der Waals surface area contributed by atoms with E-state index in [0.29, 0.717) is 51.3 Å². The van der Waals surface area contributed by atoms with Crippen molar-refractivity contribution in [2.24, 2.45) is 13.0 Å². The summed E-state index contributed by atoms with van der Waals surface area (Å²) in [6.45, 7) is 2.72. The Kier molecular flexibility index (Phi) is 10.2. The van der Waals surface area contributed by atoms with Crippen molar-refractivity contribution >= 4 is 38.1 Å². The van der Waals surface area contributed by atoms with Gasteiger partial charge in [0.2, 0.25) is 0 Å². The fraction of sp³-hybridized carbons (Fsp3) is 0.400. The third-order valence-corrected chi connectivity index (χ3v) is 11.2. The topological polar surface area (TPSA) is 120 Å². The average Bonchev–Trinajstić information content (AvgIpc) is 3.68. The van der Waals surface area contributed by atoms with E-state index in [1.54, 1.807) is 31.3 Å². The summed E-state index contributed by atoms with van der Waals surface area (Å²) in [5.41, 5.74) is 2.03. The van der Waals surface area contributed by atoms with Gasteiger partial charge in [0.05, 0.1) is 34.2 Å². The second-order valence-corrected chi connectivity index (χ2v) is 17.7. The van der Waals surface area contributed by atoms with Crippen LogP contribution in [0.15, 0.2) is 42.5 Å². The van der Waals surface area contributed by atoms with Gasteiger partial charge in [-0.1, -0.05) is 23.6 Å². The molecule has 1 N–H and O–H groups in total. The van der Waals surface area contributed by atoms with Crippen LogP contribution in [0.25, 0.3) is 22.0 Å². The van der Waals surface area contributed by atoms with Gasteiger partial charge < -0.3 is 5.11 Å². The molecule has 288 valence electrons. The summed E-state index contributed by atoms with van der Waals surface area (Å²) in [6.07, 6.45) is 0.132. The van der Waals surface area contributed by atoms with Crippen molar-refractivity contribution in [1.82, 2.24) is 24.5 Å². The lowest BCUT2D eigenvalue weighted by molar-refractivity contribution is -0.120. The Morgan fingerprint density at radius 2 is 1.78 bits per heavy atom.